The van der Waals surface area contributed by atoms with Gasteiger partial charge in [0.1, 0.15) is 11.7 Å². The van der Waals surface area contributed by atoms with E-state index in [2.05, 4.69) is 50.0 Å². The normalized spacial score (nSPS) is 23.4. The maximum Gasteiger partial charge on any atom is 0.330 e. The number of nitrogens with zero attached hydrogens (tertiary/aromatic N) is 1. The molecule has 1 fully saturated rings. The molecule has 8 nitrogen and oxygen atoms in total. The largest absolute Gasteiger partial charge is 0.408 e. The van der Waals surface area contributed by atoms with Gasteiger partial charge in [-0.1, -0.05) is 102 Å². The maximum absolute atomic E-state index is 16.7. The Hall–Kier alpha value is -2.68. The number of hydrogen-bond acceptors (Lipinski definition) is 6. The van der Waals surface area contributed by atoms with Crippen molar-refractivity contribution in [3.63, 3.8) is 0 Å². The molecule has 0 saturated carbocycles. The van der Waals surface area contributed by atoms with Gasteiger partial charge >= 0.3 is 5.69 Å². The molecule has 1 aliphatic rings. The van der Waals surface area contributed by atoms with E-state index in [0.29, 0.717) is 0 Å². The van der Waals surface area contributed by atoms with Crippen molar-refractivity contribution in [1.82, 2.24) is 9.55 Å². The molecule has 3 unspecified atom stereocenters. The fourth-order valence-electron chi connectivity index (χ4n) is 5.60. The summed E-state index contributed by atoms with van der Waals surface area (Å²) in [5.74, 6) is 0. The number of aromatic amines is 1. The molecule has 0 radical (unpaired) electrons. The van der Waals surface area contributed by atoms with Crippen LogP contribution in [0.25, 0.3) is 0 Å². The number of rotatable bonds is 9. The van der Waals surface area contributed by atoms with Gasteiger partial charge in [-0.05, 0) is 33.5 Å². The van der Waals surface area contributed by atoms with Crippen LogP contribution in [-0.2, 0) is 13.6 Å². The minimum Gasteiger partial charge on any atom is -0.408 e. The Morgan fingerprint density at radius 1 is 0.930 bits per heavy atom. The summed E-state index contributed by atoms with van der Waals surface area (Å²) < 4.78 is 37.9. The Kier molecular flexibility index (Phi) is 9.28. The third kappa shape index (κ3) is 6.16. The van der Waals surface area contributed by atoms with Crippen molar-refractivity contribution in [2.24, 2.45) is 0 Å². The molecular formula is C32H45FN2O6Si2. The van der Waals surface area contributed by atoms with Crippen molar-refractivity contribution in [3.05, 3.63) is 93.8 Å². The molecule has 43 heavy (non-hydrogen) atoms. The molecule has 234 valence electrons. The number of nitrogens with one attached hydrogen (secondary N) is 1. The lowest BCUT2D eigenvalue weighted by atomic mass is 9.98. The molecule has 1 saturated heterocycles. The second-order valence-corrected chi connectivity index (χ2v) is 23.0. The number of ether oxygens (including phenoxy) is 1. The minimum atomic E-state index is -3.12. The van der Waals surface area contributed by atoms with Crippen LogP contribution in [-0.4, -0.2) is 62.4 Å². The van der Waals surface area contributed by atoms with E-state index in [1.54, 1.807) is 0 Å². The molecule has 0 aliphatic carbocycles. The molecule has 11 heteroatoms. The van der Waals surface area contributed by atoms with Crippen molar-refractivity contribution < 1.29 is 23.1 Å². The van der Waals surface area contributed by atoms with Crippen LogP contribution in [0.15, 0.2) is 82.5 Å². The Morgan fingerprint density at radius 2 is 1.47 bits per heavy atom. The lowest BCUT2D eigenvalue weighted by Crippen LogP contribution is -2.68. The molecule has 0 spiro atoms. The first kappa shape index (κ1) is 33.2. The zero-order chi connectivity index (χ0) is 31.8. The van der Waals surface area contributed by atoms with Crippen LogP contribution in [0.4, 0.5) is 4.39 Å². The van der Waals surface area contributed by atoms with Crippen molar-refractivity contribution in [1.29, 1.82) is 0 Å². The topological polar surface area (TPSA) is 103 Å². The summed E-state index contributed by atoms with van der Waals surface area (Å²) in [6.45, 7) is 15.7. The van der Waals surface area contributed by atoms with E-state index in [1.165, 1.54) is 6.20 Å². The molecular weight excluding hydrogens is 584 g/mol. The number of alkyl halides is 1. The molecule has 1 aromatic heterocycles. The van der Waals surface area contributed by atoms with Gasteiger partial charge in [0.25, 0.3) is 13.9 Å². The average molecular weight is 629 g/mol. The highest BCUT2D eigenvalue weighted by Gasteiger charge is 2.61. The molecule has 0 bridgehead atoms. The number of H-pyrrole nitrogens is 1. The molecule has 2 heterocycles. The van der Waals surface area contributed by atoms with Crippen LogP contribution in [0, 0.1) is 0 Å². The Balaban J connectivity index is 1.87. The summed E-state index contributed by atoms with van der Waals surface area (Å²) in [5, 5.41) is 12.4. The third-order valence-corrected chi connectivity index (χ3v) is 18.4. The highest BCUT2D eigenvalue weighted by molar-refractivity contribution is 6.99. The smallest absolute Gasteiger partial charge is 0.330 e. The van der Waals surface area contributed by atoms with E-state index in [4.69, 9.17) is 13.6 Å². The lowest BCUT2D eigenvalue weighted by molar-refractivity contribution is -0.145. The third-order valence-electron chi connectivity index (χ3n) is 9.01. The van der Waals surface area contributed by atoms with Crippen LogP contribution in [0.2, 0.25) is 23.2 Å². The predicted molar refractivity (Wildman–Crippen MR) is 172 cm³/mol. The predicted octanol–water partition coefficient (Wildman–Crippen LogP) is 4.10. The van der Waals surface area contributed by atoms with Gasteiger partial charge < -0.3 is 18.7 Å². The number of benzene rings is 2. The van der Waals surface area contributed by atoms with Gasteiger partial charge in [-0.3, -0.25) is 14.3 Å². The Bertz CT molecular complexity index is 1460. The monoisotopic (exact) mass is 628 g/mol. The van der Waals surface area contributed by atoms with E-state index in [9.17, 15) is 14.7 Å². The van der Waals surface area contributed by atoms with Crippen molar-refractivity contribution in [2.75, 3.05) is 13.2 Å². The molecule has 2 N–H and O–H groups in total. The van der Waals surface area contributed by atoms with Crippen LogP contribution >= 0.6 is 0 Å². The molecule has 1 aliphatic heterocycles. The molecule has 4 atom stereocenters. The fourth-order valence-corrected chi connectivity index (χ4v) is 11.5. The highest BCUT2D eigenvalue weighted by Crippen LogP contribution is 2.47. The minimum absolute atomic E-state index is 0.189. The van der Waals surface area contributed by atoms with E-state index in [1.807, 2.05) is 70.3 Å². The standard InChI is InChI=1S/C32H45FN2O6Si2/c1-30(2,3)42(7,8)41-27-26(33)28(35-20-19-25(37)34-29(35)38)40-32(27,21-36)22-39-43(31(4,5)6,23-15-11-9-12-16-23)24-17-13-10-14-18-24/h9-20,26-28,36H,21-22H2,1-8H3,(H,34,37,38)/t26?,27?,28?,32-/m1/s1. The van der Waals surface area contributed by atoms with Gasteiger partial charge in [0.05, 0.1) is 13.2 Å². The van der Waals surface area contributed by atoms with Crippen molar-refractivity contribution in [2.45, 2.75) is 88.8 Å². The van der Waals surface area contributed by atoms with Crippen LogP contribution in [0.5, 0.6) is 0 Å². The van der Waals surface area contributed by atoms with Gasteiger partial charge in [-0.15, -0.1) is 0 Å². The number of aliphatic hydroxyl groups excluding tert-OH is 1. The second-order valence-electron chi connectivity index (χ2n) is 13.9. The first-order chi connectivity index (χ1) is 20.0. The SMILES string of the molecule is CC(C)(C)[Si](C)(C)OC1C(F)C(n2ccc(=O)[nH]c2=O)O[C@]1(CO)CO[Si](c1ccccc1)(c1ccccc1)C(C)(C)C. The highest BCUT2D eigenvalue weighted by atomic mass is 28.4. The quantitative estimate of drug-likeness (QED) is 0.346. The van der Waals surface area contributed by atoms with Gasteiger partial charge in [-0.2, -0.15) is 0 Å². The fraction of sp³-hybridized carbons (Fsp3) is 0.500. The van der Waals surface area contributed by atoms with Crippen molar-refractivity contribution in [3.8, 4) is 0 Å². The summed E-state index contributed by atoms with van der Waals surface area (Å²) >= 11 is 0. The summed E-state index contributed by atoms with van der Waals surface area (Å²) in [6.07, 6.45) is -3.33. The Labute approximate surface area is 255 Å². The maximum atomic E-state index is 16.7. The summed E-state index contributed by atoms with van der Waals surface area (Å²) in [7, 11) is -5.75. The second kappa shape index (κ2) is 12.0. The lowest BCUT2D eigenvalue weighted by Gasteiger charge is -2.46. The van der Waals surface area contributed by atoms with E-state index >= 15 is 4.39 Å². The first-order valence-corrected chi connectivity index (χ1v) is 19.5. The van der Waals surface area contributed by atoms with Crippen LogP contribution < -0.4 is 21.6 Å². The van der Waals surface area contributed by atoms with E-state index in [-0.39, 0.29) is 16.7 Å². The molecule has 2 aromatic carbocycles. The number of halogens is 1. The van der Waals surface area contributed by atoms with Gasteiger partial charge in [-0.25, -0.2) is 9.18 Å². The summed E-state index contributed by atoms with van der Waals surface area (Å²) in [6, 6.07) is 21.1. The average Bonchev–Trinajstić information content (AvgIpc) is 3.20. The van der Waals surface area contributed by atoms with Crippen molar-refractivity contribution >= 4 is 27.0 Å². The number of aliphatic hydroxyl groups is 1. The van der Waals surface area contributed by atoms with Gasteiger partial charge in [0.15, 0.2) is 20.7 Å². The first-order valence-electron chi connectivity index (χ1n) is 14.7. The summed E-state index contributed by atoms with van der Waals surface area (Å²) in [4.78, 5) is 26.7. The summed E-state index contributed by atoms with van der Waals surface area (Å²) in [5.41, 5.74) is -3.07. The molecule has 4 rings (SSSR count). The number of aromatic nitrogens is 2. The zero-order valence-corrected chi connectivity index (χ0v) is 28.4. The van der Waals surface area contributed by atoms with Gasteiger partial charge in [0, 0.05) is 12.3 Å². The number of hydrogen-bond donors (Lipinski definition) is 2. The molecule has 3 aromatic rings. The van der Waals surface area contributed by atoms with Gasteiger partial charge in [0.2, 0.25) is 0 Å². The van der Waals surface area contributed by atoms with E-state index < -0.39 is 58.6 Å². The Morgan fingerprint density at radius 3 is 1.91 bits per heavy atom. The van der Waals surface area contributed by atoms with E-state index in [0.717, 1.165) is 21.0 Å². The zero-order valence-electron chi connectivity index (χ0n) is 26.4. The molecule has 0 amide bonds. The van der Waals surface area contributed by atoms with Crippen LogP contribution in [0.1, 0.15) is 47.8 Å². The van der Waals surface area contributed by atoms with Crippen LogP contribution in [0.3, 0.4) is 0 Å².